The zero-order valence-electron chi connectivity index (χ0n) is 16.0. The summed E-state index contributed by atoms with van der Waals surface area (Å²) in [7, 11) is 1.63. The molecule has 0 aromatic heterocycles. The molecule has 5 nitrogen and oxygen atoms in total. The fourth-order valence-electron chi connectivity index (χ4n) is 4.19. The summed E-state index contributed by atoms with van der Waals surface area (Å²) in [5.74, 6) is 0.226. The van der Waals surface area contributed by atoms with Crippen molar-refractivity contribution in [3.63, 3.8) is 0 Å². The van der Waals surface area contributed by atoms with Crippen LogP contribution in [0.1, 0.15) is 44.6 Å². The maximum Gasteiger partial charge on any atom is 0.233 e. The highest BCUT2D eigenvalue weighted by Crippen LogP contribution is 2.48. The van der Waals surface area contributed by atoms with Gasteiger partial charge in [0, 0.05) is 19.3 Å². The lowest BCUT2D eigenvalue weighted by molar-refractivity contribution is -0.134. The first kappa shape index (κ1) is 19.3. The average molecular weight is 361 g/mol. The number of anilines is 1. The molecule has 0 unspecified atom stereocenters. The minimum atomic E-state index is -0.810. The van der Waals surface area contributed by atoms with Gasteiger partial charge in [-0.15, -0.1) is 0 Å². The van der Waals surface area contributed by atoms with Gasteiger partial charge < -0.3 is 19.5 Å². The molecule has 1 aliphatic carbocycles. The van der Waals surface area contributed by atoms with Crippen molar-refractivity contribution in [3.05, 3.63) is 29.8 Å². The first-order chi connectivity index (χ1) is 12.5. The van der Waals surface area contributed by atoms with E-state index in [1.165, 1.54) is 5.56 Å². The number of aryl methyl sites for hydroxylation is 1. The Morgan fingerprint density at radius 3 is 2.38 bits per heavy atom. The molecule has 0 atom stereocenters. The van der Waals surface area contributed by atoms with Gasteiger partial charge in [0.25, 0.3) is 0 Å². The van der Waals surface area contributed by atoms with Crippen LogP contribution >= 0.6 is 0 Å². The van der Waals surface area contributed by atoms with Crippen LogP contribution in [0.25, 0.3) is 0 Å². The van der Waals surface area contributed by atoms with Gasteiger partial charge in [0.15, 0.2) is 0 Å². The Morgan fingerprint density at radius 1 is 1.08 bits per heavy atom. The molecule has 1 amide bonds. The van der Waals surface area contributed by atoms with Crippen molar-refractivity contribution in [1.29, 1.82) is 0 Å². The maximum atomic E-state index is 13.1. The summed E-state index contributed by atoms with van der Waals surface area (Å²) in [5.41, 5.74) is 1.16. The summed E-state index contributed by atoms with van der Waals surface area (Å²) < 4.78 is 10.5. The predicted octanol–water partition coefficient (Wildman–Crippen LogP) is 2.94. The highest BCUT2D eigenvalue weighted by molar-refractivity contribution is 6.00. The summed E-state index contributed by atoms with van der Waals surface area (Å²) in [6, 6.07) is 8.31. The van der Waals surface area contributed by atoms with E-state index >= 15 is 0 Å². The monoisotopic (exact) mass is 361 g/mol. The second-order valence-corrected chi connectivity index (χ2v) is 7.78. The first-order valence-corrected chi connectivity index (χ1v) is 9.72. The van der Waals surface area contributed by atoms with E-state index in [2.05, 4.69) is 31.2 Å². The van der Waals surface area contributed by atoms with Crippen molar-refractivity contribution >= 4 is 11.6 Å². The average Bonchev–Trinajstić information content (AvgIpc) is 2.98. The third-order valence-electron chi connectivity index (χ3n) is 6.11. The maximum absolute atomic E-state index is 13.1. The molecule has 1 aromatic carbocycles. The number of hydrogen-bond donors (Lipinski definition) is 1. The molecule has 1 aliphatic heterocycles. The van der Waals surface area contributed by atoms with E-state index in [0.717, 1.165) is 37.9 Å². The van der Waals surface area contributed by atoms with Crippen LogP contribution in [0.2, 0.25) is 0 Å². The van der Waals surface area contributed by atoms with Crippen molar-refractivity contribution in [2.75, 3.05) is 38.4 Å². The molecule has 1 spiro atoms. The topological polar surface area (TPSA) is 59.0 Å². The van der Waals surface area contributed by atoms with Crippen molar-refractivity contribution in [1.82, 2.24) is 0 Å². The third kappa shape index (κ3) is 3.95. The van der Waals surface area contributed by atoms with Crippen molar-refractivity contribution in [2.45, 2.75) is 51.0 Å². The van der Waals surface area contributed by atoms with E-state index in [0.29, 0.717) is 32.7 Å². The molecule has 1 saturated carbocycles. The van der Waals surface area contributed by atoms with Crippen LogP contribution in [0, 0.1) is 5.41 Å². The Hall–Kier alpha value is -1.43. The normalized spacial score (nSPS) is 28.9. The highest BCUT2D eigenvalue weighted by Gasteiger charge is 2.51. The SMILES string of the molecule is CCc1ccc(N2CC[C@]3(CC[C@@](O)(COCCOC)CC3)C2=O)cc1. The lowest BCUT2D eigenvalue weighted by Crippen LogP contribution is -2.45. The number of rotatable bonds is 7. The molecule has 0 radical (unpaired) electrons. The van der Waals surface area contributed by atoms with E-state index in [1.54, 1.807) is 7.11 Å². The number of aliphatic hydroxyl groups is 1. The Bertz CT molecular complexity index is 605. The number of methoxy groups -OCH3 is 1. The number of hydrogen-bond acceptors (Lipinski definition) is 4. The van der Waals surface area contributed by atoms with Gasteiger partial charge in [-0.1, -0.05) is 19.1 Å². The molecular formula is C21H31NO4. The van der Waals surface area contributed by atoms with Crippen molar-refractivity contribution in [2.24, 2.45) is 5.41 Å². The molecule has 1 N–H and O–H groups in total. The lowest BCUT2D eigenvalue weighted by atomic mass is 9.68. The fourth-order valence-corrected chi connectivity index (χ4v) is 4.19. The molecular weight excluding hydrogens is 330 g/mol. The molecule has 26 heavy (non-hydrogen) atoms. The van der Waals surface area contributed by atoms with Crippen LogP contribution in [0.3, 0.4) is 0 Å². The number of nitrogens with zero attached hydrogens (tertiary/aromatic N) is 1. The van der Waals surface area contributed by atoms with Crippen LogP contribution in [0.5, 0.6) is 0 Å². The van der Waals surface area contributed by atoms with Gasteiger partial charge in [-0.3, -0.25) is 4.79 Å². The predicted molar refractivity (Wildman–Crippen MR) is 101 cm³/mol. The lowest BCUT2D eigenvalue weighted by Gasteiger charge is -2.40. The van der Waals surface area contributed by atoms with E-state index in [4.69, 9.17) is 9.47 Å². The summed E-state index contributed by atoms with van der Waals surface area (Å²) in [5, 5.41) is 10.8. The molecule has 5 heteroatoms. The van der Waals surface area contributed by atoms with E-state index in [1.807, 2.05) is 4.90 Å². The van der Waals surface area contributed by atoms with E-state index in [-0.39, 0.29) is 11.3 Å². The number of amides is 1. The van der Waals surface area contributed by atoms with E-state index in [9.17, 15) is 9.90 Å². The second-order valence-electron chi connectivity index (χ2n) is 7.78. The largest absolute Gasteiger partial charge is 0.387 e. The summed E-state index contributed by atoms with van der Waals surface area (Å²) in [4.78, 5) is 15.1. The number of carbonyl (C=O) groups excluding carboxylic acids is 1. The first-order valence-electron chi connectivity index (χ1n) is 9.72. The van der Waals surface area contributed by atoms with Gasteiger partial charge in [-0.05, 0) is 56.2 Å². The zero-order valence-corrected chi connectivity index (χ0v) is 16.0. The molecule has 2 aliphatic rings. The molecule has 2 fully saturated rings. The molecule has 1 aromatic rings. The van der Waals surface area contributed by atoms with Crippen molar-refractivity contribution < 1.29 is 19.4 Å². The highest BCUT2D eigenvalue weighted by atomic mass is 16.5. The Kier molecular flexibility index (Phi) is 6.00. The van der Waals surface area contributed by atoms with Crippen LogP contribution in [-0.4, -0.2) is 50.1 Å². The summed E-state index contributed by atoms with van der Waals surface area (Å²) in [6.45, 7) is 4.25. The molecule has 1 heterocycles. The molecule has 3 rings (SSSR count). The zero-order chi connectivity index (χ0) is 18.6. The second kappa shape index (κ2) is 8.07. The Morgan fingerprint density at radius 2 is 1.77 bits per heavy atom. The number of benzene rings is 1. The van der Waals surface area contributed by atoms with Gasteiger partial charge in [0.1, 0.15) is 0 Å². The Labute approximate surface area is 156 Å². The number of ether oxygens (including phenoxy) is 2. The quantitative estimate of drug-likeness (QED) is 0.759. The molecule has 0 bridgehead atoms. The fraction of sp³-hybridized carbons (Fsp3) is 0.667. The van der Waals surface area contributed by atoms with Crippen molar-refractivity contribution in [3.8, 4) is 0 Å². The van der Waals surface area contributed by atoms with Gasteiger partial charge in [0.05, 0.1) is 30.8 Å². The van der Waals surface area contributed by atoms with Crippen LogP contribution in [-0.2, 0) is 20.7 Å². The molecule has 1 saturated heterocycles. The van der Waals surface area contributed by atoms with Gasteiger partial charge in [0.2, 0.25) is 5.91 Å². The smallest absolute Gasteiger partial charge is 0.233 e. The number of carbonyl (C=O) groups is 1. The van der Waals surface area contributed by atoms with Crippen LogP contribution in [0.4, 0.5) is 5.69 Å². The van der Waals surface area contributed by atoms with Gasteiger partial charge in [-0.2, -0.15) is 0 Å². The van der Waals surface area contributed by atoms with Crippen LogP contribution in [0.15, 0.2) is 24.3 Å². The minimum Gasteiger partial charge on any atom is -0.387 e. The third-order valence-corrected chi connectivity index (χ3v) is 6.11. The summed E-state index contributed by atoms with van der Waals surface area (Å²) in [6.07, 6.45) is 4.59. The summed E-state index contributed by atoms with van der Waals surface area (Å²) >= 11 is 0. The van der Waals surface area contributed by atoms with Gasteiger partial charge >= 0.3 is 0 Å². The van der Waals surface area contributed by atoms with E-state index < -0.39 is 5.60 Å². The van der Waals surface area contributed by atoms with Gasteiger partial charge in [-0.25, -0.2) is 0 Å². The van der Waals surface area contributed by atoms with Crippen LogP contribution < -0.4 is 4.90 Å². The molecule has 144 valence electrons. The minimum absolute atomic E-state index is 0.226. The standard InChI is InChI=1S/C21H31NO4/c1-3-17-4-6-18(7-5-17)22-13-12-20(19(22)23)8-10-21(24,11-9-20)16-26-15-14-25-2/h4-7,24H,3,8-16H2,1-2H3/t20-,21+. The Balaban J connectivity index is 1.59.